The van der Waals surface area contributed by atoms with Crippen LogP contribution in [0, 0.1) is 0 Å². The average Bonchev–Trinajstić information content (AvgIpc) is 2.93. The zero-order chi connectivity index (χ0) is 15.6. The molecule has 3 heteroatoms. The van der Waals surface area contributed by atoms with Gasteiger partial charge in [0.15, 0.2) is 0 Å². The van der Waals surface area contributed by atoms with Crippen molar-refractivity contribution in [3.05, 3.63) is 53.6 Å². The fraction of sp³-hybridized carbons (Fsp3) is 0.368. The van der Waals surface area contributed by atoms with Gasteiger partial charge in [-0.15, -0.1) is 0 Å². The Hall–Kier alpha value is -1.42. The Bertz CT molecular complexity index is 660. The highest BCUT2D eigenvalue weighted by Gasteiger charge is 2.41. The van der Waals surface area contributed by atoms with E-state index in [4.69, 9.17) is 8.85 Å². The van der Waals surface area contributed by atoms with Crippen LogP contribution in [0.3, 0.4) is 0 Å². The summed E-state index contributed by atoms with van der Waals surface area (Å²) in [4.78, 5) is 0. The summed E-state index contributed by atoms with van der Waals surface area (Å²) in [5.74, 6) is 0. The fourth-order valence-electron chi connectivity index (χ4n) is 3.57. The molecule has 2 aromatic carbocycles. The van der Waals surface area contributed by atoms with Crippen molar-refractivity contribution >= 4 is 13.7 Å². The Kier molecular flexibility index (Phi) is 4.48. The molecule has 0 amide bonds. The molecule has 22 heavy (non-hydrogen) atoms. The first-order valence-corrected chi connectivity index (χ1v) is 10.3. The molecule has 0 aliphatic heterocycles. The molecule has 116 valence electrons. The normalized spacial score (nSPS) is 13.0. The molecule has 0 bridgehead atoms. The standard InChI is InChI=1S/C19H24O2Si/c1-4-20-22(6-3,21-5-2)19-13-9-12-17-16-11-8-7-10-15(16)14-18(17)19/h7-13H,4-6,14H2,1-3H3. The molecule has 0 spiro atoms. The molecule has 2 nitrogen and oxygen atoms in total. The van der Waals surface area contributed by atoms with Gasteiger partial charge in [0.05, 0.1) is 0 Å². The van der Waals surface area contributed by atoms with Gasteiger partial charge in [0.25, 0.3) is 0 Å². The maximum atomic E-state index is 6.25. The van der Waals surface area contributed by atoms with E-state index in [1.54, 1.807) is 0 Å². The molecular formula is C19H24O2Si. The van der Waals surface area contributed by atoms with Gasteiger partial charge in [-0.3, -0.25) is 0 Å². The second kappa shape index (κ2) is 6.37. The van der Waals surface area contributed by atoms with Gasteiger partial charge < -0.3 is 8.85 Å². The molecule has 0 heterocycles. The van der Waals surface area contributed by atoms with Crippen LogP contribution in [0.5, 0.6) is 0 Å². The van der Waals surface area contributed by atoms with Crippen LogP contribution in [0.25, 0.3) is 11.1 Å². The Balaban J connectivity index is 2.13. The monoisotopic (exact) mass is 312 g/mol. The van der Waals surface area contributed by atoms with Crippen molar-refractivity contribution in [1.29, 1.82) is 0 Å². The van der Waals surface area contributed by atoms with E-state index in [0.717, 1.165) is 12.5 Å². The van der Waals surface area contributed by atoms with Gasteiger partial charge in [-0.05, 0) is 53.8 Å². The van der Waals surface area contributed by atoms with Gasteiger partial charge in [-0.1, -0.05) is 49.4 Å². The molecule has 1 aliphatic carbocycles. The Morgan fingerprint density at radius 3 is 2.23 bits per heavy atom. The van der Waals surface area contributed by atoms with Gasteiger partial charge in [0, 0.05) is 13.2 Å². The molecule has 0 unspecified atom stereocenters. The summed E-state index contributed by atoms with van der Waals surface area (Å²) in [7, 11) is -2.34. The van der Waals surface area contributed by atoms with Gasteiger partial charge in [0.2, 0.25) is 0 Å². The minimum atomic E-state index is -2.34. The number of fused-ring (bicyclic) bond motifs is 3. The molecule has 0 saturated carbocycles. The highest BCUT2D eigenvalue weighted by atomic mass is 28.4. The molecule has 0 atom stereocenters. The maximum absolute atomic E-state index is 6.25. The second-order valence-corrected chi connectivity index (χ2v) is 8.97. The van der Waals surface area contributed by atoms with Crippen molar-refractivity contribution in [3.63, 3.8) is 0 Å². The van der Waals surface area contributed by atoms with Gasteiger partial charge in [0.1, 0.15) is 0 Å². The largest absolute Gasteiger partial charge is 0.391 e. The van der Waals surface area contributed by atoms with Gasteiger partial charge in [-0.2, -0.15) is 0 Å². The minimum Gasteiger partial charge on any atom is -0.391 e. The van der Waals surface area contributed by atoms with Crippen molar-refractivity contribution in [1.82, 2.24) is 0 Å². The Morgan fingerprint density at radius 2 is 1.55 bits per heavy atom. The average molecular weight is 312 g/mol. The van der Waals surface area contributed by atoms with Gasteiger partial charge in [-0.25, -0.2) is 0 Å². The topological polar surface area (TPSA) is 18.5 Å². The van der Waals surface area contributed by atoms with Gasteiger partial charge >= 0.3 is 8.56 Å². The van der Waals surface area contributed by atoms with E-state index in [-0.39, 0.29) is 0 Å². The fourth-order valence-corrected chi connectivity index (χ4v) is 6.72. The summed E-state index contributed by atoms with van der Waals surface area (Å²) >= 11 is 0. The lowest BCUT2D eigenvalue weighted by Gasteiger charge is -2.31. The molecule has 0 aromatic heterocycles. The second-order valence-electron chi connectivity index (χ2n) is 5.64. The van der Waals surface area contributed by atoms with E-state index in [0.29, 0.717) is 13.2 Å². The third-order valence-corrected chi connectivity index (χ3v) is 8.21. The number of rotatable bonds is 6. The molecular weight excluding hydrogens is 288 g/mol. The lowest BCUT2D eigenvalue weighted by atomic mass is 10.1. The SMILES string of the molecule is CCO[Si](CC)(OCC)c1cccc2c1Cc1ccccc1-2. The van der Waals surface area contributed by atoms with Crippen molar-refractivity contribution < 1.29 is 8.85 Å². The van der Waals surface area contributed by atoms with Crippen LogP contribution in [0.2, 0.25) is 6.04 Å². The zero-order valence-corrected chi connectivity index (χ0v) is 14.7. The van der Waals surface area contributed by atoms with Crippen molar-refractivity contribution in [2.24, 2.45) is 0 Å². The smallest absolute Gasteiger partial charge is 0.372 e. The third-order valence-electron chi connectivity index (χ3n) is 4.48. The van der Waals surface area contributed by atoms with E-state index in [9.17, 15) is 0 Å². The van der Waals surface area contributed by atoms with Crippen LogP contribution in [-0.2, 0) is 15.3 Å². The summed E-state index contributed by atoms with van der Waals surface area (Å²) in [5, 5.41) is 1.33. The van der Waals surface area contributed by atoms with Crippen LogP contribution in [0.15, 0.2) is 42.5 Å². The third kappa shape index (κ3) is 2.43. The first-order chi connectivity index (χ1) is 10.8. The Morgan fingerprint density at radius 1 is 0.864 bits per heavy atom. The van der Waals surface area contributed by atoms with Crippen molar-refractivity contribution in [3.8, 4) is 11.1 Å². The van der Waals surface area contributed by atoms with Crippen LogP contribution in [0.4, 0.5) is 0 Å². The minimum absolute atomic E-state index is 0.705. The van der Waals surface area contributed by atoms with E-state index in [2.05, 4.69) is 63.2 Å². The quantitative estimate of drug-likeness (QED) is 0.641. The van der Waals surface area contributed by atoms with Crippen LogP contribution >= 0.6 is 0 Å². The van der Waals surface area contributed by atoms with Crippen LogP contribution in [-0.4, -0.2) is 21.8 Å². The Labute approximate surface area is 134 Å². The predicted octanol–water partition coefficient (Wildman–Crippen LogP) is 4.00. The predicted molar refractivity (Wildman–Crippen MR) is 93.8 cm³/mol. The molecule has 0 fully saturated rings. The summed E-state index contributed by atoms with van der Waals surface area (Å²) in [6, 6.07) is 16.3. The summed E-state index contributed by atoms with van der Waals surface area (Å²) in [6.45, 7) is 7.73. The lowest BCUT2D eigenvalue weighted by Crippen LogP contribution is -2.54. The van der Waals surface area contributed by atoms with E-state index < -0.39 is 8.56 Å². The highest BCUT2D eigenvalue weighted by molar-refractivity contribution is 6.81. The number of benzene rings is 2. The van der Waals surface area contributed by atoms with Crippen molar-refractivity contribution in [2.75, 3.05) is 13.2 Å². The highest BCUT2D eigenvalue weighted by Crippen LogP contribution is 2.36. The molecule has 0 N–H and O–H groups in total. The summed E-state index contributed by atoms with van der Waals surface area (Å²) < 4.78 is 12.5. The molecule has 2 aromatic rings. The number of hydrogen-bond donors (Lipinski definition) is 0. The van der Waals surface area contributed by atoms with E-state index in [1.165, 1.54) is 27.4 Å². The first kappa shape index (κ1) is 15.5. The van der Waals surface area contributed by atoms with Crippen LogP contribution in [0.1, 0.15) is 31.9 Å². The molecule has 3 rings (SSSR count). The first-order valence-electron chi connectivity index (χ1n) is 8.24. The molecule has 0 radical (unpaired) electrons. The number of hydrogen-bond acceptors (Lipinski definition) is 2. The lowest BCUT2D eigenvalue weighted by molar-refractivity contribution is 0.197. The van der Waals surface area contributed by atoms with Crippen molar-refractivity contribution in [2.45, 2.75) is 33.2 Å². The molecule has 1 aliphatic rings. The molecule has 0 saturated heterocycles. The zero-order valence-electron chi connectivity index (χ0n) is 13.7. The summed E-state index contributed by atoms with van der Waals surface area (Å²) in [5.41, 5.74) is 5.56. The van der Waals surface area contributed by atoms with E-state index in [1.807, 2.05) is 0 Å². The van der Waals surface area contributed by atoms with Crippen LogP contribution < -0.4 is 5.19 Å². The van der Waals surface area contributed by atoms with E-state index >= 15 is 0 Å². The maximum Gasteiger partial charge on any atom is 0.372 e. The summed E-state index contributed by atoms with van der Waals surface area (Å²) in [6.07, 6.45) is 0.997.